The Balaban J connectivity index is 3.02. The van der Waals surface area contributed by atoms with E-state index in [1.807, 2.05) is 18.5 Å². The van der Waals surface area contributed by atoms with Crippen LogP contribution in [0.2, 0.25) is 0 Å². The molecule has 0 unspecified atom stereocenters. The molecule has 12 heavy (non-hydrogen) atoms. The molecule has 0 aromatic carbocycles. The molecule has 0 bridgehead atoms. The molecule has 0 fully saturated rings. The number of hydrogen-bond acceptors (Lipinski definition) is 2. The lowest BCUT2D eigenvalue weighted by Crippen LogP contribution is -2.03. The molecule has 0 amide bonds. The van der Waals surface area contributed by atoms with Gasteiger partial charge < -0.3 is 5.11 Å². The smallest absolute Gasteiger partial charge is 0.159 e. The quantitative estimate of drug-likeness (QED) is 0.748. The summed E-state index contributed by atoms with van der Waals surface area (Å²) >= 11 is 0. The van der Waals surface area contributed by atoms with Gasteiger partial charge in [-0.1, -0.05) is 13.8 Å². The van der Waals surface area contributed by atoms with Gasteiger partial charge in [0.25, 0.3) is 0 Å². The van der Waals surface area contributed by atoms with Crippen LogP contribution in [0.25, 0.3) is 0 Å². The topological polar surface area (TPSA) is 38.0 Å². The summed E-state index contributed by atoms with van der Waals surface area (Å²) in [6.45, 7) is 6.86. The third-order valence-corrected chi connectivity index (χ3v) is 1.97. The fourth-order valence-corrected chi connectivity index (χ4v) is 1.37. The van der Waals surface area contributed by atoms with Crippen molar-refractivity contribution in [3.05, 3.63) is 11.4 Å². The Hall–Kier alpha value is -0.990. The first-order valence-corrected chi connectivity index (χ1v) is 4.45. The first-order valence-electron chi connectivity index (χ1n) is 4.45. The zero-order valence-electron chi connectivity index (χ0n) is 7.96. The number of aromatic nitrogens is 2. The highest BCUT2D eigenvalue weighted by Gasteiger charge is 2.10. The van der Waals surface area contributed by atoms with Gasteiger partial charge in [-0.2, -0.15) is 5.10 Å². The van der Waals surface area contributed by atoms with Gasteiger partial charge in [0.1, 0.15) is 5.69 Å². The molecule has 0 aliphatic heterocycles. The third kappa shape index (κ3) is 1.44. The molecule has 0 saturated heterocycles. The molecule has 1 heterocycles. The summed E-state index contributed by atoms with van der Waals surface area (Å²) in [6.07, 6.45) is 1.89. The average Bonchev–Trinajstić information content (AvgIpc) is 2.29. The minimum Gasteiger partial charge on any atom is -0.504 e. The number of nitrogens with zero attached hydrogens (tertiary/aromatic N) is 2. The van der Waals surface area contributed by atoms with E-state index in [9.17, 15) is 5.11 Å². The summed E-state index contributed by atoms with van der Waals surface area (Å²) < 4.78 is 1.89. The van der Waals surface area contributed by atoms with Crippen LogP contribution in [0.15, 0.2) is 0 Å². The predicted molar refractivity (Wildman–Crippen MR) is 48.3 cm³/mol. The van der Waals surface area contributed by atoms with Crippen molar-refractivity contribution in [3.63, 3.8) is 0 Å². The lowest BCUT2D eigenvalue weighted by atomic mass is 10.3. The molecule has 68 valence electrons. The van der Waals surface area contributed by atoms with E-state index in [4.69, 9.17) is 0 Å². The van der Waals surface area contributed by atoms with Gasteiger partial charge in [0.2, 0.25) is 0 Å². The van der Waals surface area contributed by atoms with Crippen LogP contribution in [-0.4, -0.2) is 14.9 Å². The standard InChI is InChI=1S/C9H16N2O/c1-4-6-11-8(5-2)9(12)7(3)10-11/h12H,4-6H2,1-3H3. The second kappa shape index (κ2) is 3.61. The Morgan fingerprint density at radius 3 is 2.58 bits per heavy atom. The van der Waals surface area contributed by atoms with Crippen LogP contribution in [0.5, 0.6) is 5.75 Å². The van der Waals surface area contributed by atoms with Gasteiger partial charge in [-0.3, -0.25) is 4.68 Å². The van der Waals surface area contributed by atoms with Crippen LogP contribution in [0.4, 0.5) is 0 Å². The second-order valence-electron chi connectivity index (χ2n) is 2.96. The summed E-state index contributed by atoms with van der Waals surface area (Å²) in [4.78, 5) is 0. The van der Waals surface area contributed by atoms with Crippen molar-refractivity contribution >= 4 is 0 Å². The summed E-state index contributed by atoms with van der Waals surface area (Å²) in [5, 5.41) is 13.8. The second-order valence-corrected chi connectivity index (χ2v) is 2.96. The molecule has 0 atom stereocenters. The average molecular weight is 168 g/mol. The largest absolute Gasteiger partial charge is 0.504 e. The molecule has 1 aromatic rings. The molecular formula is C9H16N2O. The van der Waals surface area contributed by atoms with Crippen molar-refractivity contribution in [2.75, 3.05) is 0 Å². The Kier molecular flexibility index (Phi) is 2.74. The van der Waals surface area contributed by atoms with Crippen molar-refractivity contribution in [1.82, 2.24) is 9.78 Å². The molecule has 0 aliphatic carbocycles. The number of rotatable bonds is 3. The minimum absolute atomic E-state index is 0.367. The minimum atomic E-state index is 0.367. The van der Waals surface area contributed by atoms with Gasteiger partial charge in [-0.25, -0.2) is 0 Å². The molecule has 3 heteroatoms. The maximum Gasteiger partial charge on any atom is 0.159 e. The first kappa shape index (κ1) is 9.10. The van der Waals surface area contributed by atoms with Gasteiger partial charge in [-0.05, 0) is 19.8 Å². The van der Waals surface area contributed by atoms with Crippen LogP contribution in [0.1, 0.15) is 31.7 Å². The van der Waals surface area contributed by atoms with Crippen molar-refractivity contribution in [2.45, 2.75) is 40.2 Å². The highest BCUT2D eigenvalue weighted by Crippen LogP contribution is 2.21. The Morgan fingerprint density at radius 2 is 2.08 bits per heavy atom. The molecule has 1 aromatic heterocycles. The zero-order chi connectivity index (χ0) is 9.14. The fraction of sp³-hybridized carbons (Fsp3) is 0.667. The summed E-state index contributed by atoms with van der Waals surface area (Å²) in [7, 11) is 0. The molecular weight excluding hydrogens is 152 g/mol. The lowest BCUT2D eigenvalue weighted by molar-refractivity contribution is 0.460. The van der Waals surface area contributed by atoms with Crippen LogP contribution < -0.4 is 0 Å². The monoisotopic (exact) mass is 168 g/mol. The summed E-state index contributed by atoms with van der Waals surface area (Å²) in [6, 6.07) is 0. The third-order valence-electron chi connectivity index (χ3n) is 1.97. The Bertz CT molecular complexity index is 266. The molecule has 0 spiro atoms. The van der Waals surface area contributed by atoms with Crippen molar-refractivity contribution < 1.29 is 5.11 Å². The molecule has 0 aliphatic rings. The first-order chi connectivity index (χ1) is 5.70. The van der Waals surface area contributed by atoms with E-state index >= 15 is 0 Å². The van der Waals surface area contributed by atoms with Crippen LogP contribution in [0, 0.1) is 6.92 Å². The van der Waals surface area contributed by atoms with E-state index in [1.54, 1.807) is 0 Å². The van der Waals surface area contributed by atoms with E-state index < -0.39 is 0 Å². The lowest BCUT2D eigenvalue weighted by Gasteiger charge is -2.02. The zero-order valence-corrected chi connectivity index (χ0v) is 7.96. The van der Waals surface area contributed by atoms with E-state index in [2.05, 4.69) is 12.0 Å². The van der Waals surface area contributed by atoms with Crippen LogP contribution in [0.3, 0.4) is 0 Å². The van der Waals surface area contributed by atoms with E-state index in [1.165, 1.54) is 0 Å². The van der Waals surface area contributed by atoms with Gasteiger partial charge in [0.05, 0.1) is 5.69 Å². The normalized spacial score (nSPS) is 10.6. The predicted octanol–water partition coefficient (Wildman–Crippen LogP) is 1.87. The molecule has 3 nitrogen and oxygen atoms in total. The number of aryl methyl sites for hydroxylation is 2. The maximum absolute atomic E-state index is 9.56. The van der Waals surface area contributed by atoms with Crippen molar-refractivity contribution in [1.29, 1.82) is 0 Å². The SMILES string of the molecule is CCCn1nc(C)c(O)c1CC. The highest BCUT2D eigenvalue weighted by molar-refractivity contribution is 5.31. The van der Waals surface area contributed by atoms with Crippen LogP contribution >= 0.6 is 0 Å². The van der Waals surface area contributed by atoms with E-state index in [0.29, 0.717) is 5.75 Å². The Morgan fingerprint density at radius 1 is 1.42 bits per heavy atom. The summed E-state index contributed by atoms with van der Waals surface area (Å²) in [5.74, 6) is 0.367. The van der Waals surface area contributed by atoms with Gasteiger partial charge in [-0.15, -0.1) is 0 Å². The van der Waals surface area contributed by atoms with Gasteiger partial charge in [0, 0.05) is 6.54 Å². The van der Waals surface area contributed by atoms with Crippen LogP contribution in [-0.2, 0) is 13.0 Å². The molecule has 1 N–H and O–H groups in total. The highest BCUT2D eigenvalue weighted by atomic mass is 16.3. The van der Waals surface area contributed by atoms with Gasteiger partial charge >= 0.3 is 0 Å². The van der Waals surface area contributed by atoms with E-state index in [-0.39, 0.29) is 0 Å². The van der Waals surface area contributed by atoms with Crippen molar-refractivity contribution in [3.8, 4) is 5.75 Å². The molecule has 1 rings (SSSR count). The Labute approximate surface area is 73.0 Å². The van der Waals surface area contributed by atoms with Crippen molar-refractivity contribution in [2.24, 2.45) is 0 Å². The van der Waals surface area contributed by atoms with E-state index in [0.717, 1.165) is 30.8 Å². The maximum atomic E-state index is 9.56. The fourth-order valence-electron chi connectivity index (χ4n) is 1.37. The van der Waals surface area contributed by atoms with Gasteiger partial charge in [0.15, 0.2) is 5.75 Å². The molecule has 0 saturated carbocycles. The number of aromatic hydroxyl groups is 1. The molecule has 0 radical (unpaired) electrons. The summed E-state index contributed by atoms with van der Waals surface area (Å²) in [5.41, 5.74) is 1.69. The number of hydrogen-bond donors (Lipinski definition) is 1.